The average molecular weight is 230 g/mol. The Morgan fingerprint density at radius 3 is 2.25 bits per heavy atom. The van der Waals surface area contributed by atoms with Crippen LogP contribution in [-0.4, -0.2) is 47.1 Å². The minimum Gasteiger partial charge on any atom is -0.481 e. The zero-order chi connectivity index (χ0) is 12.8. The van der Waals surface area contributed by atoms with Crippen molar-refractivity contribution in [3.8, 4) is 0 Å². The molecule has 0 fully saturated rings. The Bertz CT molecular complexity index is 246. The average Bonchev–Trinajstić information content (AvgIpc) is 2.12. The second kappa shape index (κ2) is 6.48. The molecule has 2 N–H and O–H groups in total. The van der Waals surface area contributed by atoms with Crippen LogP contribution in [0.25, 0.3) is 0 Å². The Balaban J connectivity index is 4.42. The van der Waals surface area contributed by atoms with Crippen LogP contribution in [0.5, 0.6) is 0 Å². The zero-order valence-corrected chi connectivity index (χ0v) is 10.5. The third-order valence-electron chi connectivity index (χ3n) is 2.19. The van der Waals surface area contributed by atoms with E-state index in [1.807, 2.05) is 27.7 Å². The van der Waals surface area contributed by atoms with Crippen LogP contribution in [-0.2, 0) is 9.59 Å². The maximum Gasteiger partial charge on any atom is 0.305 e. The minimum atomic E-state index is -0.884. The van der Waals surface area contributed by atoms with Gasteiger partial charge < -0.3 is 15.3 Å². The van der Waals surface area contributed by atoms with Gasteiger partial charge in [-0.05, 0) is 27.3 Å². The molecule has 1 amide bonds. The highest BCUT2D eigenvalue weighted by Crippen LogP contribution is 2.13. The summed E-state index contributed by atoms with van der Waals surface area (Å²) in [6.07, 6.45) is -0.0187. The highest BCUT2D eigenvalue weighted by atomic mass is 16.4. The van der Waals surface area contributed by atoms with E-state index in [-0.39, 0.29) is 31.0 Å². The number of hydrogen-bond acceptors (Lipinski definition) is 3. The fourth-order valence-electron chi connectivity index (χ4n) is 1.37. The molecule has 5 heteroatoms. The van der Waals surface area contributed by atoms with Crippen molar-refractivity contribution in [2.24, 2.45) is 0 Å². The first-order chi connectivity index (χ1) is 7.29. The van der Waals surface area contributed by atoms with E-state index < -0.39 is 5.97 Å². The van der Waals surface area contributed by atoms with Crippen molar-refractivity contribution >= 4 is 11.9 Å². The second-order valence-corrected chi connectivity index (χ2v) is 4.64. The fourth-order valence-corrected chi connectivity index (χ4v) is 1.37. The molecule has 94 valence electrons. The molecule has 0 aromatic carbocycles. The standard InChI is InChI=1S/C11H22N2O3/c1-5-12-8-9(14)13(11(2,3)4)7-6-10(15)16/h12H,5-8H2,1-4H3,(H,15,16). The lowest BCUT2D eigenvalue weighted by Crippen LogP contribution is -2.49. The summed E-state index contributed by atoms with van der Waals surface area (Å²) in [5, 5.41) is 11.6. The summed E-state index contributed by atoms with van der Waals surface area (Å²) < 4.78 is 0. The van der Waals surface area contributed by atoms with Crippen molar-refractivity contribution in [3.63, 3.8) is 0 Å². The van der Waals surface area contributed by atoms with Crippen LogP contribution in [0, 0.1) is 0 Å². The summed E-state index contributed by atoms with van der Waals surface area (Å²) in [7, 11) is 0. The highest BCUT2D eigenvalue weighted by molar-refractivity contribution is 5.79. The van der Waals surface area contributed by atoms with Crippen molar-refractivity contribution in [1.82, 2.24) is 10.2 Å². The fraction of sp³-hybridized carbons (Fsp3) is 0.818. The lowest BCUT2D eigenvalue weighted by Gasteiger charge is -2.35. The molecule has 0 saturated heterocycles. The Labute approximate surface area is 96.8 Å². The molecule has 5 nitrogen and oxygen atoms in total. The van der Waals surface area contributed by atoms with Crippen molar-refractivity contribution in [3.05, 3.63) is 0 Å². The lowest BCUT2D eigenvalue weighted by atomic mass is 10.1. The normalized spacial score (nSPS) is 11.2. The Morgan fingerprint density at radius 2 is 1.88 bits per heavy atom. The van der Waals surface area contributed by atoms with E-state index in [1.165, 1.54) is 0 Å². The van der Waals surface area contributed by atoms with Gasteiger partial charge in [-0.15, -0.1) is 0 Å². The topological polar surface area (TPSA) is 69.6 Å². The molecule has 0 unspecified atom stereocenters. The van der Waals surface area contributed by atoms with Crippen molar-refractivity contribution in [2.45, 2.75) is 39.7 Å². The van der Waals surface area contributed by atoms with Gasteiger partial charge in [-0.3, -0.25) is 9.59 Å². The monoisotopic (exact) mass is 230 g/mol. The lowest BCUT2D eigenvalue weighted by molar-refractivity contribution is -0.140. The maximum atomic E-state index is 11.8. The number of carboxylic acid groups (broad SMARTS) is 1. The molecule has 0 aromatic heterocycles. The molecule has 0 spiro atoms. The van der Waals surface area contributed by atoms with Gasteiger partial charge in [0.05, 0.1) is 13.0 Å². The summed E-state index contributed by atoms with van der Waals surface area (Å²) in [4.78, 5) is 23.9. The number of carbonyl (C=O) groups excluding carboxylic acids is 1. The molecule has 0 heterocycles. The molecule has 0 aliphatic heterocycles. The molecule has 0 aromatic rings. The van der Waals surface area contributed by atoms with Crippen molar-refractivity contribution < 1.29 is 14.7 Å². The Kier molecular flexibility index (Phi) is 6.03. The van der Waals surface area contributed by atoms with Crippen LogP contribution in [0.4, 0.5) is 0 Å². The highest BCUT2D eigenvalue weighted by Gasteiger charge is 2.26. The van der Waals surface area contributed by atoms with E-state index in [2.05, 4.69) is 5.32 Å². The second-order valence-electron chi connectivity index (χ2n) is 4.64. The van der Waals surface area contributed by atoms with Gasteiger partial charge in [0, 0.05) is 12.1 Å². The Hall–Kier alpha value is -1.10. The molecule has 0 aliphatic carbocycles. The minimum absolute atomic E-state index is 0.0187. The van der Waals surface area contributed by atoms with Crippen LogP contribution >= 0.6 is 0 Å². The van der Waals surface area contributed by atoms with Crippen LogP contribution < -0.4 is 5.32 Å². The van der Waals surface area contributed by atoms with Gasteiger partial charge in [0.25, 0.3) is 0 Å². The third kappa shape index (κ3) is 5.70. The first-order valence-corrected chi connectivity index (χ1v) is 5.52. The molecular weight excluding hydrogens is 208 g/mol. The number of carboxylic acids is 1. The first-order valence-electron chi connectivity index (χ1n) is 5.52. The molecular formula is C11H22N2O3. The van der Waals surface area contributed by atoms with E-state index in [9.17, 15) is 9.59 Å². The van der Waals surface area contributed by atoms with E-state index in [1.54, 1.807) is 4.90 Å². The van der Waals surface area contributed by atoms with Crippen LogP contribution in [0.3, 0.4) is 0 Å². The van der Waals surface area contributed by atoms with E-state index in [0.29, 0.717) is 0 Å². The number of aliphatic carboxylic acids is 1. The van der Waals surface area contributed by atoms with Crippen molar-refractivity contribution in [2.75, 3.05) is 19.6 Å². The van der Waals surface area contributed by atoms with Gasteiger partial charge in [0.1, 0.15) is 0 Å². The Morgan fingerprint density at radius 1 is 1.31 bits per heavy atom. The smallest absolute Gasteiger partial charge is 0.305 e. The van der Waals surface area contributed by atoms with E-state index in [0.717, 1.165) is 6.54 Å². The van der Waals surface area contributed by atoms with Gasteiger partial charge in [-0.2, -0.15) is 0 Å². The number of nitrogens with one attached hydrogen (secondary N) is 1. The quantitative estimate of drug-likeness (QED) is 0.704. The third-order valence-corrected chi connectivity index (χ3v) is 2.19. The van der Waals surface area contributed by atoms with Gasteiger partial charge in [-0.25, -0.2) is 0 Å². The number of rotatable bonds is 6. The van der Waals surface area contributed by atoms with Gasteiger partial charge in [-0.1, -0.05) is 6.92 Å². The summed E-state index contributed by atoms with van der Waals surface area (Å²) in [6, 6.07) is 0. The number of amides is 1. The first kappa shape index (κ1) is 14.9. The van der Waals surface area contributed by atoms with Crippen LogP contribution in [0.1, 0.15) is 34.1 Å². The van der Waals surface area contributed by atoms with E-state index in [4.69, 9.17) is 5.11 Å². The van der Waals surface area contributed by atoms with Crippen LogP contribution in [0.15, 0.2) is 0 Å². The maximum absolute atomic E-state index is 11.8. The molecule has 0 bridgehead atoms. The predicted octanol–water partition coefficient (Wildman–Crippen LogP) is 0.698. The number of likely N-dealkylation sites (N-methyl/N-ethyl adjacent to an activating group) is 1. The summed E-state index contributed by atoms with van der Waals surface area (Å²) in [5.74, 6) is -0.943. The summed E-state index contributed by atoms with van der Waals surface area (Å²) in [6.45, 7) is 8.86. The summed E-state index contributed by atoms with van der Waals surface area (Å²) >= 11 is 0. The molecule has 0 saturated carbocycles. The van der Waals surface area contributed by atoms with Crippen LogP contribution in [0.2, 0.25) is 0 Å². The van der Waals surface area contributed by atoms with Crippen molar-refractivity contribution in [1.29, 1.82) is 0 Å². The number of hydrogen-bond donors (Lipinski definition) is 2. The number of carbonyl (C=O) groups is 2. The van der Waals surface area contributed by atoms with Gasteiger partial charge in [0.2, 0.25) is 5.91 Å². The molecule has 0 rings (SSSR count). The van der Waals surface area contributed by atoms with Gasteiger partial charge >= 0.3 is 5.97 Å². The molecule has 0 atom stereocenters. The molecule has 0 radical (unpaired) electrons. The zero-order valence-electron chi connectivity index (χ0n) is 10.5. The summed E-state index contributed by atoms with van der Waals surface area (Å²) in [5.41, 5.74) is -0.345. The van der Waals surface area contributed by atoms with Gasteiger partial charge in [0.15, 0.2) is 0 Å². The number of nitrogens with zero attached hydrogens (tertiary/aromatic N) is 1. The molecule has 0 aliphatic rings. The van der Waals surface area contributed by atoms with E-state index >= 15 is 0 Å². The SMILES string of the molecule is CCNCC(=O)N(CCC(=O)O)C(C)(C)C. The molecule has 16 heavy (non-hydrogen) atoms. The predicted molar refractivity (Wildman–Crippen MR) is 62.3 cm³/mol. The largest absolute Gasteiger partial charge is 0.481 e.